The fourth-order valence-electron chi connectivity index (χ4n) is 3.90. The minimum absolute atomic E-state index is 0.0742. The zero-order valence-electron chi connectivity index (χ0n) is 14.5. The first-order chi connectivity index (χ1) is 11.8. The molecule has 0 aromatic carbocycles. The number of allylic oxidation sites excluding steroid dienone is 1. The van der Waals surface area contributed by atoms with Gasteiger partial charge in [0.15, 0.2) is 5.76 Å². The van der Waals surface area contributed by atoms with Crippen molar-refractivity contribution >= 4 is 5.91 Å². The Morgan fingerprint density at radius 1 is 1.21 bits per heavy atom. The van der Waals surface area contributed by atoms with E-state index < -0.39 is 0 Å². The maximum Gasteiger partial charge on any atom is 0.286 e. The van der Waals surface area contributed by atoms with Gasteiger partial charge in [-0.1, -0.05) is 19.3 Å². The van der Waals surface area contributed by atoms with Crippen LogP contribution < -0.4 is 5.32 Å². The Kier molecular flexibility index (Phi) is 6.55. The topological polar surface area (TPSA) is 67.8 Å². The quantitative estimate of drug-likeness (QED) is 0.668. The molecule has 2 atom stereocenters. The highest BCUT2D eigenvalue weighted by molar-refractivity contribution is 5.91. The number of aliphatic hydroxyl groups is 1. The van der Waals surface area contributed by atoms with Crippen LogP contribution in [-0.4, -0.2) is 36.6 Å². The predicted octanol–water partition coefficient (Wildman–Crippen LogP) is 2.88. The first-order valence-corrected chi connectivity index (χ1v) is 9.68. The van der Waals surface area contributed by atoms with Crippen LogP contribution in [0.25, 0.3) is 0 Å². The van der Waals surface area contributed by atoms with Crippen molar-refractivity contribution in [2.45, 2.75) is 76.5 Å². The van der Waals surface area contributed by atoms with Gasteiger partial charge < -0.3 is 19.9 Å². The SMILES string of the molecule is O=C(NC1CCCC1)C1=C[C@H](C2CCC2)C[C@H](OCCCCO)O1. The summed E-state index contributed by atoms with van der Waals surface area (Å²) in [7, 11) is 0. The van der Waals surface area contributed by atoms with Gasteiger partial charge in [-0.2, -0.15) is 0 Å². The summed E-state index contributed by atoms with van der Waals surface area (Å²) < 4.78 is 11.7. The molecule has 3 rings (SSSR count). The third-order valence-corrected chi connectivity index (χ3v) is 5.61. The summed E-state index contributed by atoms with van der Waals surface area (Å²) in [5.74, 6) is 1.44. The van der Waals surface area contributed by atoms with E-state index in [1.807, 2.05) is 6.08 Å². The van der Waals surface area contributed by atoms with Gasteiger partial charge in [0, 0.05) is 19.1 Å². The number of hydrogen-bond donors (Lipinski definition) is 2. The van der Waals surface area contributed by atoms with Crippen molar-refractivity contribution in [1.29, 1.82) is 0 Å². The first-order valence-electron chi connectivity index (χ1n) is 9.68. The molecule has 2 N–H and O–H groups in total. The van der Waals surface area contributed by atoms with Crippen molar-refractivity contribution in [3.05, 3.63) is 11.8 Å². The lowest BCUT2D eigenvalue weighted by atomic mass is 9.73. The van der Waals surface area contributed by atoms with Crippen molar-refractivity contribution < 1.29 is 19.4 Å². The third-order valence-electron chi connectivity index (χ3n) is 5.61. The van der Waals surface area contributed by atoms with E-state index in [1.165, 1.54) is 32.1 Å². The fourth-order valence-corrected chi connectivity index (χ4v) is 3.90. The minimum atomic E-state index is -0.330. The van der Waals surface area contributed by atoms with E-state index in [0.29, 0.717) is 30.2 Å². The van der Waals surface area contributed by atoms with Gasteiger partial charge in [0.25, 0.3) is 5.91 Å². The molecule has 24 heavy (non-hydrogen) atoms. The summed E-state index contributed by atoms with van der Waals surface area (Å²) in [6.45, 7) is 0.759. The second-order valence-corrected chi connectivity index (χ2v) is 7.43. The Morgan fingerprint density at radius 3 is 2.67 bits per heavy atom. The lowest BCUT2D eigenvalue weighted by molar-refractivity contribution is -0.152. The van der Waals surface area contributed by atoms with E-state index in [2.05, 4.69) is 5.32 Å². The summed E-state index contributed by atoms with van der Waals surface area (Å²) in [5, 5.41) is 12.0. The number of ether oxygens (including phenoxy) is 2. The first kappa shape index (κ1) is 17.7. The number of aliphatic hydroxyl groups excluding tert-OH is 1. The molecule has 2 saturated carbocycles. The van der Waals surface area contributed by atoms with Gasteiger partial charge in [-0.05, 0) is 56.4 Å². The molecule has 2 aliphatic carbocycles. The van der Waals surface area contributed by atoms with E-state index >= 15 is 0 Å². The zero-order valence-corrected chi connectivity index (χ0v) is 14.5. The van der Waals surface area contributed by atoms with Crippen LogP contribution in [0.15, 0.2) is 11.8 Å². The van der Waals surface area contributed by atoms with Crippen molar-refractivity contribution in [1.82, 2.24) is 5.32 Å². The van der Waals surface area contributed by atoms with Crippen molar-refractivity contribution in [3.8, 4) is 0 Å². The van der Waals surface area contributed by atoms with Crippen molar-refractivity contribution in [3.63, 3.8) is 0 Å². The van der Waals surface area contributed by atoms with Gasteiger partial charge in [0.05, 0.1) is 6.61 Å². The van der Waals surface area contributed by atoms with Crippen molar-refractivity contribution in [2.75, 3.05) is 13.2 Å². The van der Waals surface area contributed by atoms with Crippen LogP contribution in [0.1, 0.15) is 64.2 Å². The molecule has 0 radical (unpaired) electrons. The molecule has 5 nitrogen and oxygen atoms in total. The Bertz CT molecular complexity index is 441. The second kappa shape index (κ2) is 8.86. The molecule has 0 spiro atoms. The average Bonchev–Trinajstić information content (AvgIpc) is 3.03. The molecule has 0 unspecified atom stereocenters. The van der Waals surface area contributed by atoms with Gasteiger partial charge in [-0.3, -0.25) is 4.79 Å². The summed E-state index contributed by atoms with van der Waals surface area (Å²) in [6.07, 6.45) is 12.4. The molecule has 2 fully saturated rings. The number of unbranched alkanes of at least 4 members (excludes halogenated alkanes) is 1. The third kappa shape index (κ3) is 4.73. The number of carbonyl (C=O) groups excluding carboxylic acids is 1. The van der Waals surface area contributed by atoms with Crippen LogP contribution in [0.3, 0.4) is 0 Å². The molecule has 0 saturated heterocycles. The Hall–Kier alpha value is -1.07. The Balaban J connectivity index is 1.56. The number of amides is 1. The highest BCUT2D eigenvalue weighted by Crippen LogP contribution is 2.40. The molecule has 0 aromatic heterocycles. The highest BCUT2D eigenvalue weighted by Gasteiger charge is 2.35. The standard InChI is InChI=1S/C19H31NO4/c21-10-3-4-11-23-18-13-15(14-6-5-7-14)12-17(24-18)19(22)20-16-8-1-2-9-16/h12,14-16,18,21H,1-11,13H2,(H,20,22)/t15-,18+/m0/s1. The number of carbonyl (C=O) groups is 1. The fraction of sp³-hybridized carbons (Fsp3) is 0.842. The second-order valence-electron chi connectivity index (χ2n) is 7.43. The van der Waals surface area contributed by atoms with Crippen LogP contribution in [-0.2, 0) is 14.3 Å². The molecular weight excluding hydrogens is 306 g/mol. The molecular formula is C19H31NO4. The monoisotopic (exact) mass is 337 g/mol. The van der Waals surface area contributed by atoms with Gasteiger partial charge >= 0.3 is 0 Å². The van der Waals surface area contributed by atoms with Gasteiger partial charge in [0.1, 0.15) is 0 Å². The van der Waals surface area contributed by atoms with E-state index in [-0.39, 0.29) is 18.8 Å². The largest absolute Gasteiger partial charge is 0.459 e. The highest BCUT2D eigenvalue weighted by atomic mass is 16.7. The summed E-state index contributed by atoms with van der Waals surface area (Å²) in [4.78, 5) is 12.6. The molecule has 0 bridgehead atoms. The molecule has 1 heterocycles. The van der Waals surface area contributed by atoms with Crippen LogP contribution in [0, 0.1) is 11.8 Å². The van der Waals surface area contributed by atoms with Crippen molar-refractivity contribution in [2.24, 2.45) is 11.8 Å². The maximum absolute atomic E-state index is 12.6. The predicted molar refractivity (Wildman–Crippen MR) is 91.1 cm³/mol. The summed E-state index contributed by atoms with van der Waals surface area (Å²) >= 11 is 0. The van der Waals surface area contributed by atoms with E-state index in [4.69, 9.17) is 14.6 Å². The molecule has 0 aromatic rings. The zero-order chi connectivity index (χ0) is 16.8. The molecule has 136 valence electrons. The minimum Gasteiger partial charge on any atom is -0.459 e. The Morgan fingerprint density at radius 2 is 2.00 bits per heavy atom. The Labute approximate surface area is 144 Å². The lowest BCUT2D eigenvalue weighted by Gasteiger charge is -2.37. The van der Waals surface area contributed by atoms with E-state index in [1.54, 1.807) is 0 Å². The molecule has 1 aliphatic heterocycles. The van der Waals surface area contributed by atoms with Gasteiger partial charge in [-0.25, -0.2) is 0 Å². The number of hydrogen-bond acceptors (Lipinski definition) is 4. The lowest BCUT2D eigenvalue weighted by Crippen LogP contribution is -2.39. The number of rotatable bonds is 8. The maximum atomic E-state index is 12.6. The smallest absolute Gasteiger partial charge is 0.286 e. The average molecular weight is 337 g/mol. The summed E-state index contributed by atoms with van der Waals surface area (Å²) in [6, 6.07) is 0.301. The normalized spacial score (nSPS) is 28.1. The van der Waals surface area contributed by atoms with E-state index in [9.17, 15) is 4.79 Å². The van der Waals surface area contributed by atoms with Gasteiger partial charge in [0.2, 0.25) is 6.29 Å². The van der Waals surface area contributed by atoms with Crippen LogP contribution >= 0.6 is 0 Å². The van der Waals surface area contributed by atoms with Crippen LogP contribution in [0.4, 0.5) is 0 Å². The molecule has 5 heteroatoms. The van der Waals surface area contributed by atoms with Crippen LogP contribution in [0.5, 0.6) is 0 Å². The van der Waals surface area contributed by atoms with Gasteiger partial charge in [-0.15, -0.1) is 0 Å². The summed E-state index contributed by atoms with van der Waals surface area (Å²) in [5.41, 5.74) is 0. The number of nitrogens with one attached hydrogen (secondary N) is 1. The molecule has 3 aliphatic rings. The molecule has 1 amide bonds. The van der Waals surface area contributed by atoms with E-state index in [0.717, 1.165) is 32.1 Å². The van der Waals surface area contributed by atoms with Crippen LogP contribution in [0.2, 0.25) is 0 Å².